The molecule has 0 aliphatic rings. The van der Waals surface area contributed by atoms with Crippen LogP contribution in [0.4, 0.5) is 5.69 Å². The molecule has 7 nitrogen and oxygen atoms in total. The van der Waals surface area contributed by atoms with E-state index in [1.807, 2.05) is 72.8 Å². The zero-order valence-electron chi connectivity index (χ0n) is 18.6. The standard InChI is InChI=1S/C26H25N3O4/c1-31-22-12-3-18(4-13-22)7-16-24(30)27-21-10-8-20(9-11-21)26-28-25(33-29-26)17-19-5-14-23(32-2)15-6-19/h3-6,8-15H,7,16-17H2,1-2H3,(H,27,30). The van der Waals surface area contributed by atoms with Crippen molar-refractivity contribution < 1.29 is 18.8 Å². The van der Waals surface area contributed by atoms with E-state index < -0.39 is 0 Å². The smallest absolute Gasteiger partial charge is 0.231 e. The van der Waals surface area contributed by atoms with E-state index in [1.54, 1.807) is 14.2 Å². The van der Waals surface area contributed by atoms with Gasteiger partial charge in [-0.25, -0.2) is 0 Å². The van der Waals surface area contributed by atoms with Crippen LogP contribution in [0.3, 0.4) is 0 Å². The second kappa shape index (κ2) is 10.5. The summed E-state index contributed by atoms with van der Waals surface area (Å²) in [5, 5.41) is 7.00. The highest BCUT2D eigenvalue weighted by Crippen LogP contribution is 2.21. The topological polar surface area (TPSA) is 86.5 Å². The molecule has 33 heavy (non-hydrogen) atoms. The lowest BCUT2D eigenvalue weighted by molar-refractivity contribution is -0.116. The van der Waals surface area contributed by atoms with E-state index in [4.69, 9.17) is 14.0 Å². The van der Waals surface area contributed by atoms with Crippen LogP contribution < -0.4 is 14.8 Å². The largest absolute Gasteiger partial charge is 0.497 e. The van der Waals surface area contributed by atoms with Crippen LogP contribution in [-0.2, 0) is 17.6 Å². The number of rotatable bonds is 9. The molecule has 4 aromatic rings. The van der Waals surface area contributed by atoms with Gasteiger partial charge in [0, 0.05) is 17.7 Å². The quantitative estimate of drug-likeness (QED) is 0.395. The fourth-order valence-corrected chi connectivity index (χ4v) is 3.34. The molecule has 0 atom stereocenters. The van der Waals surface area contributed by atoms with Crippen molar-refractivity contribution in [3.63, 3.8) is 0 Å². The summed E-state index contributed by atoms with van der Waals surface area (Å²) in [6, 6.07) is 22.8. The highest BCUT2D eigenvalue weighted by atomic mass is 16.5. The van der Waals surface area contributed by atoms with E-state index in [0.717, 1.165) is 33.9 Å². The number of aryl methyl sites for hydroxylation is 1. The lowest BCUT2D eigenvalue weighted by atomic mass is 10.1. The number of anilines is 1. The maximum Gasteiger partial charge on any atom is 0.231 e. The Morgan fingerprint density at radius 1 is 0.848 bits per heavy atom. The number of carbonyl (C=O) groups is 1. The van der Waals surface area contributed by atoms with Gasteiger partial charge in [-0.05, 0) is 66.1 Å². The van der Waals surface area contributed by atoms with Crippen molar-refractivity contribution >= 4 is 11.6 Å². The first kappa shape index (κ1) is 22.1. The first-order valence-corrected chi connectivity index (χ1v) is 10.6. The van der Waals surface area contributed by atoms with Crippen molar-refractivity contribution in [2.45, 2.75) is 19.3 Å². The number of benzene rings is 3. The molecule has 168 valence electrons. The Labute approximate surface area is 192 Å². The molecular weight excluding hydrogens is 418 g/mol. The molecule has 4 rings (SSSR count). The van der Waals surface area contributed by atoms with Gasteiger partial charge in [0.05, 0.1) is 20.6 Å². The third kappa shape index (κ3) is 5.98. The van der Waals surface area contributed by atoms with E-state index in [9.17, 15) is 4.79 Å². The highest BCUT2D eigenvalue weighted by Gasteiger charge is 2.10. The number of ether oxygens (including phenoxy) is 2. The molecule has 0 radical (unpaired) electrons. The van der Waals surface area contributed by atoms with E-state index in [2.05, 4.69) is 15.5 Å². The zero-order chi connectivity index (χ0) is 23.0. The van der Waals surface area contributed by atoms with Crippen molar-refractivity contribution in [3.8, 4) is 22.9 Å². The molecule has 1 aromatic heterocycles. The number of hydrogen-bond donors (Lipinski definition) is 1. The van der Waals surface area contributed by atoms with Crippen LogP contribution in [0.15, 0.2) is 77.3 Å². The third-order valence-electron chi connectivity index (χ3n) is 5.21. The number of nitrogens with one attached hydrogen (secondary N) is 1. The van der Waals surface area contributed by atoms with E-state index >= 15 is 0 Å². The van der Waals surface area contributed by atoms with Crippen molar-refractivity contribution in [3.05, 3.63) is 89.8 Å². The van der Waals surface area contributed by atoms with Gasteiger partial charge < -0.3 is 19.3 Å². The van der Waals surface area contributed by atoms with Gasteiger partial charge in [-0.1, -0.05) is 29.4 Å². The van der Waals surface area contributed by atoms with Crippen LogP contribution in [0.2, 0.25) is 0 Å². The number of aromatic nitrogens is 2. The minimum atomic E-state index is -0.0418. The molecular formula is C26H25N3O4. The molecule has 0 unspecified atom stereocenters. The van der Waals surface area contributed by atoms with Gasteiger partial charge in [-0.2, -0.15) is 4.98 Å². The van der Waals surface area contributed by atoms with Crippen molar-refractivity contribution in [1.29, 1.82) is 0 Å². The van der Waals surface area contributed by atoms with Crippen molar-refractivity contribution in [1.82, 2.24) is 10.1 Å². The van der Waals surface area contributed by atoms with Crippen LogP contribution >= 0.6 is 0 Å². The first-order valence-electron chi connectivity index (χ1n) is 10.6. The third-order valence-corrected chi connectivity index (χ3v) is 5.21. The molecule has 1 amide bonds. The second-order valence-corrected chi connectivity index (χ2v) is 7.51. The van der Waals surface area contributed by atoms with Gasteiger partial charge in [0.25, 0.3) is 0 Å². The highest BCUT2D eigenvalue weighted by molar-refractivity contribution is 5.91. The van der Waals surface area contributed by atoms with E-state index in [-0.39, 0.29) is 5.91 Å². The Morgan fingerprint density at radius 3 is 2.06 bits per heavy atom. The van der Waals surface area contributed by atoms with Crippen LogP contribution in [-0.4, -0.2) is 30.3 Å². The summed E-state index contributed by atoms with van der Waals surface area (Å²) in [6.45, 7) is 0. The minimum absolute atomic E-state index is 0.0418. The summed E-state index contributed by atoms with van der Waals surface area (Å²) in [5.74, 6) is 2.61. The average molecular weight is 444 g/mol. The molecule has 1 heterocycles. The average Bonchev–Trinajstić information content (AvgIpc) is 3.32. The van der Waals surface area contributed by atoms with Crippen molar-refractivity contribution in [2.75, 3.05) is 19.5 Å². The summed E-state index contributed by atoms with van der Waals surface area (Å²) in [6.07, 6.45) is 1.60. The fraction of sp³-hybridized carbons (Fsp3) is 0.192. The number of amides is 1. The van der Waals surface area contributed by atoms with Gasteiger partial charge in [0.1, 0.15) is 11.5 Å². The summed E-state index contributed by atoms with van der Waals surface area (Å²) in [5.41, 5.74) is 3.68. The molecule has 0 saturated carbocycles. The first-order chi connectivity index (χ1) is 16.1. The van der Waals surface area contributed by atoms with Crippen LogP contribution in [0.25, 0.3) is 11.4 Å². The Bertz CT molecular complexity index is 1180. The predicted octanol–water partition coefficient (Wildman–Crippen LogP) is 4.92. The summed E-state index contributed by atoms with van der Waals surface area (Å²) in [7, 11) is 3.27. The van der Waals surface area contributed by atoms with Crippen LogP contribution in [0.5, 0.6) is 11.5 Å². The summed E-state index contributed by atoms with van der Waals surface area (Å²) >= 11 is 0. The molecule has 0 saturated heterocycles. The lowest BCUT2D eigenvalue weighted by Crippen LogP contribution is -2.12. The molecule has 3 aromatic carbocycles. The Kier molecular flexibility index (Phi) is 6.99. The van der Waals surface area contributed by atoms with Gasteiger partial charge in [-0.3, -0.25) is 4.79 Å². The van der Waals surface area contributed by atoms with Crippen molar-refractivity contribution in [2.24, 2.45) is 0 Å². The zero-order valence-corrected chi connectivity index (χ0v) is 18.6. The summed E-state index contributed by atoms with van der Waals surface area (Å²) < 4.78 is 15.7. The molecule has 0 aliphatic heterocycles. The molecule has 0 bridgehead atoms. The van der Waals surface area contributed by atoms with Gasteiger partial charge in [0.2, 0.25) is 17.6 Å². The maximum atomic E-state index is 12.3. The Balaban J connectivity index is 1.30. The number of methoxy groups -OCH3 is 2. The number of hydrogen-bond acceptors (Lipinski definition) is 6. The van der Waals surface area contributed by atoms with E-state index in [0.29, 0.717) is 31.0 Å². The SMILES string of the molecule is COc1ccc(CCC(=O)Nc2ccc(-c3noc(Cc4ccc(OC)cc4)n3)cc2)cc1. The fourth-order valence-electron chi connectivity index (χ4n) is 3.34. The minimum Gasteiger partial charge on any atom is -0.497 e. The number of nitrogens with zero attached hydrogens (tertiary/aromatic N) is 2. The van der Waals surface area contributed by atoms with Gasteiger partial charge >= 0.3 is 0 Å². The molecule has 0 fully saturated rings. The lowest BCUT2D eigenvalue weighted by Gasteiger charge is -2.06. The van der Waals surface area contributed by atoms with E-state index in [1.165, 1.54) is 0 Å². The monoisotopic (exact) mass is 443 g/mol. The maximum absolute atomic E-state index is 12.3. The Hall–Kier alpha value is -4.13. The molecule has 0 spiro atoms. The van der Waals surface area contributed by atoms with Gasteiger partial charge in [0.15, 0.2) is 0 Å². The Morgan fingerprint density at radius 2 is 1.45 bits per heavy atom. The number of carbonyl (C=O) groups excluding carboxylic acids is 1. The molecule has 7 heteroatoms. The normalized spacial score (nSPS) is 10.6. The van der Waals surface area contributed by atoms with Gasteiger partial charge in [-0.15, -0.1) is 0 Å². The van der Waals surface area contributed by atoms with Crippen LogP contribution in [0, 0.1) is 0 Å². The molecule has 1 N–H and O–H groups in total. The molecule has 0 aliphatic carbocycles. The second-order valence-electron chi connectivity index (χ2n) is 7.51. The van der Waals surface area contributed by atoms with Crippen LogP contribution in [0.1, 0.15) is 23.4 Å². The summed E-state index contributed by atoms with van der Waals surface area (Å²) in [4.78, 5) is 16.8. The predicted molar refractivity (Wildman–Crippen MR) is 125 cm³/mol.